The van der Waals surface area contributed by atoms with Crippen molar-refractivity contribution in [3.05, 3.63) is 102 Å². The van der Waals surface area contributed by atoms with Crippen LogP contribution >= 0.6 is 0 Å². The van der Waals surface area contributed by atoms with E-state index in [1.807, 2.05) is 78.9 Å². The Kier molecular flexibility index (Phi) is 7.25. The summed E-state index contributed by atoms with van der Waals surface area (Å²) in [5.74, 6) is 2.69. The smallest absolute Gasteiger partial charge is 0.268 e. The average Bonchev–Trinajstić information content (AvgIpc) is 3.31. The molecule has 7 nitrogen and oxygen atoms in total. The number of hydrogen-bond acceptors (Lipinski definition) is 6. The molecule has 3 aromatic carbocycles. The van der Waals surface area contributed by atoms with Gasteiger partial charge in [-0.15, -0.1) is 0 Å². The Hall–Kier alpha value is -3.20. The Morgan fingerprint density at radius 3 is 2.14 bits per heavy atom. The van der Waals surface area contributed by atoms with Crippen molar-refractivity contribution < 1.29 is 40.6 Å². The zero-order valence-corrected chi connectivity index (χ0v) is 21.3. The fourth-order valence-corrected chi connectivity index (χ4v) is 4.33. The topological polar surface area (TPSA) is 77.6 Å². The van der Waals surface area contributed by atoms with Gasteiger partial charge in [0.15, 0.2) is 0 Å². The minimum atomic E-state index is -1.59. The molecule has 1 aromatic heterocycles. The summed E-state index contributed by atoms with van der Waals surface area (Å²) in [7, 11) is 4.23. The lowest BCUT2D eigenvalue weighted by atomic mass is 9.83. The number of fused-ring (bicyclic) bond motifs is 2. The average molecular weight is 538 g/mol. The van der Waals surface area contributed by atoms with Crippen molar-refractivity contribution in [1.29, 1.82) is 0 Å². The van der Waals surface area contributed by atoms with Gasteiger partial charge < -0.3 is 40.6 Å². The van der Waals surface area contributed by atoms with E-state index in [1.54, 1.807) is 0 Å². The number of benzene rings is 3. The normalized spacial score (nSPS) is 13.7. The van der Waals surface area contributed by atoms with Crippen LogP contribution in [0.4, 0.5) is 0 Å². The molecule has 2 heterocycles. The lowest BCUT2D eigenvalue weighted by molar-refractivity contribution is -0.904. The maximum atomic E-state index is 11.9. The largest absolute Gasteiger partial charge is 1.00 e. The molecule has 0 unspecified atom stereocenters. The van der Waals surface area contributed by atoms with Crippen molar-refractivity contribution in [2.24, 2.45) is 0 Å². The molecular formula is C27H28BrN3O4. The Morgan fingerprint density at radius 1 is 0.886 bits per heavy atom. The first-order valence-corrected chi connectivity index (χ1v) is 11.4. The van der Waals surface area contributed by atoms with Crippen LogP contribution in [0.1, 0.15) is 29.3 Å². The van der Waals surface area contributed by atoms with Crippen molar-refractivity contribution in [2.45, 2.75) is 18.6 Å². The summed E-state index contributed by atoms with van der Waals surface area (Å²) < 4.78 is 18.1. The first-order chi connectivity index (χ1) is 16.5. The van der Waals surface area contributed by atoms with Gasteiger partial charge >= 0.3 is 0 Å². The quantitative estimate of drug-likeness (QED) is 0.271. The van der Waals surface area contributed by atoms with E-state index in [9.17, 15) is 5.11 Å². The summed E-state index contributed by atoms with van der Waals surface area (Å²) in [6, 6.07) is 24.6. The van der Waals surface area contributed by atoms with Crippen LogP contribution in [-0.2, 0) is 12.1 Å². The SMILES string of the molecule is C[N+](C)(CCCOc1ccccc1)Cc1noc(C2(O)c3ccccc3Oc3ccccc32)n1.[Br-]. The van der Waals surface area contributed by atoms with Crippen LogP contribution in [-0.4, -0.2) is 47.0 Å². The number of quaternary nitrogens is 1. The van der Waals surface area contributed by atoms with Crippen LogP contribution in [0.25, 0.3) is 0 Å². The lowest BCUT2D eigenvalue weighted by Crippen LogP contribution is -3.00. The molecule has 1 N–H and O–H groups in total. The van der Waals surface area contributed by atoms with Crippen LogP contribution in [0.5, 0.6) is 17.2 Å². The van der Waals surface area contributed by atoms with Gasteiger partial charge in [-0.25, -0.2) is 0 Å². The first-order valence-electron chi connectivity index (χ1n) is 11.4. The van der Waals surface area contributed by atoms with Crippen LogP contribution < -0.4 is 26.5 Å². The fraction of sp³-hybridized carbons (Fsp3) is 0.259. The molecule has 0 aliphatic carbocycles. The van der Waals surface area contributed by atoms with Gasteiger partial charge in [-0.2, -0.15) is 4.98 Å². The Balaban J connectivity index is 0.00000289. The number of halogens is 1. The molecule has 0 saturated heterocycles. The van der Waals surface area contributed by atoms with Crippen molar-refractivity contribution >= 4 is 0 Å². The molecule has 182 valence electrons. The molecule has 0 bridgehead atoms. The number of hydrogen-bond donors (Lipinski definition) is 1. The number of rotatable bonds is 8. The fourth-order valence-electron chi connectivity index (χ4n) is 4.33. The predicted molar refractivity (Wildman–Crippen MR) is 127 cm³/mol. The number of aromatic nitrogens is 2. The van der Waals surface area contributed by atoms with Crippen molar-refractivity contribution in [3.63, 3.8) is 0 Å². The number of nitrogens with zero attached hydrogens (tertiary/aromatic N) is 3. The van der Waals surface area contributed by atoms with Gasteiger partial charge in [0.1, 0.15) is 23.8 Å². The molecule has 0 spiro atoms. The number of para-hydroxylation sites is 3. The summed E-state index contributed by atoms with van der Waals surface area (Å²) in [5, 5.41) is 16.2. The molecule has 1 aliphatic rings. The van der Waals surface area contributed by atoms with Crippen LogP contribution in [0, 0.1) is 0 Å². The van der Waals surface area contributed by atoms with Crippen molar-refractivity contribution in [2.75, 3.05) is 27.2 Å². The maximum absolute atomic E-state index is 11.9. The van der Waals surface area contributed by atoms with Gasteiger partial charge in [0.2, 0.25) is 11.4 Å². The highest BCUT2D eigenvalue weighted by Crippen LogP contribution is 2.49. The van der Waals surface area contributed by atoms with E-state index >= 15 is 0 Å². The summed E-state index contributed by atoms with van der Waals surface area (Å²) in [5.41, 5.74) is -0.427. The minimum Gasteiger partial charge on any atom is -1.00 e. The van der Waals surface area contributed by atoms with E-state index < -0.39 is 5.60 Å². The molecule has 0 radical (unpaired) electrons. The number of ether oxygens (including phenoxy) is 2. The van der Waals surface area contributed by atoms with Gasteiger partial charge in [0, 0.05) is 17.5 Å². The van der Waals surface area contributed by atoms with Crippen LogP contribution in [0.3, 0.4) is 0 Å². The second kappa shape index (κ2) is 10.2. The highest BCUT2D eigenvalue weighted by molar-refractivity contribution is 5.58. The molecule has 0 atom stereocenters. The summed E-state index contributed by atoms with van der Waals surface area (Å²) in [4.78, 5) is 4.63. The minimum absolute atomic E-state index is 0. The molecule has 5 rings (SSSR count). The molecule has 0 saturated carbocycles. The molecule has 35 heavy (non-hydrogen) atoms. The van der Waals surface area contributed by atoms with Crippen LogP contribution in [0.2, 0.25) is 0 Å². The summed E-state index contributed by atoms with van der Waals surface area (Å²) >= 11 is 0. The Bertz CT molecular complexity index is 1230. The zero-order chi connectivity index (χ0) is 23.6. The lowest BCUT2D eigenvalue weighted by Gasteiger charge is -2.33. The molecular weight excluding hydrogens is 510 g/mol. The van der Waals surface area contributed by atoms with E-state index in [2.05, 4.69) is 24.2 Å². The predicted octanol–water partition coefficient (Wildman–Crippen LogP) is 1.51. The standard InChI is InChI=1S/C27H28N3O4.BrH/c1-30(2,17-10-18-32-20-11-4-3-5-12-20)19-25-28-26(34-29-25)27(31)21-13-6-8-15-23(21)33-24-16-9-7-14-22(24)27;/h3-9,11-16,31H,10,17-19H2,1-2H3;1H/q+1;/p-1. The van der Waals surface area contributed by atoms with Gasteiger partial charge in [-0.1, -0.05) is 59.8 Å². The highest BCUT2D eigenvalue weighted by atomic mass is 79.9. The third-order valence-electron chi connectivity index (χ3n) is 6.04. The Labute approximate surface area is 215 Å². The maximum Gasteiger partial charge on any atom is 0.268 e. The van der Waals surface area contributed by atoms with E-state index in [4.69, 9.17) is 14.0 Å². The molecule has 1 aliphatic heterocycles. The third kappa shape index (κ3) is 5.10. The first kappa shape index (κ1) is 24.9. The monoisotopic (exact) mass is 537 g/mol. The van der Waals surface area contributed by atoms with E-state index in [-0.39, 0.29) is 22.9 Å². The highest BCUT2D eigenvalue weighted by Gasteiger charge is 2.47. The van der Waals surface area contributed by atoms with Crippen molar-refractivity contribution in [1.82, 2.24) is 10.1 Å². The number of aliphatic hydroxyl groups is 1. The zero-order valence-electron chi connectivity index (χ0n) is 19.7. The molecule has 8 heteroatoms. The van der Waals surface area contributed by atoms with Crippen molar-refractivity contribution in [3.8, 4) is 17.2 Å². The summed E-state index contributed by atoms with van der Waals surface area (Å²) in [6.07, 6.45) is 0.884. The molecule has 4 aromatic rings. The second-order valence-electron chi connectivity index (χ2n) is 9.15. The van der Waals surface area contributed by atoms with Gasteiger partial charge in [0.05, 0.1) is 27.2 Å². The molecule has 0 amide bonds. The van der Waals surface area contributed by atoms with Gasteiger partial charge in [0.25, 0.3) is 5.89 Å². The summed E-state index contributed by atoms with van der Waals surface area (Å²) in [6.45, 7) is 2.07. The molecule has 0 fully saturated rings. The van der Waals surface area contributed by atoms with Crippen LogP contribution in [0.15, 0.2) is 83.4 Å². The van der Waals surface area contributed by atoms with Gasteiger partial charge in [-0.3, -0.25) is 0 Å². The van der Waals surface area contributed by atoms with E-state index in [0.717, 1.165) is 18.7 Å². The Morgan fingerprint density at radius 2 is 1.49 bits per heavy atom. The van der Waals surface area contributed by atoms with E-state index in [0.29, 0.717) is 46.1 Å². The van der Waals surface area contributed by atoms with E-state index in [1.165, 1.54) is 0 Å². The second-order valence-corrected chi connectivity index (χ2v) is 9.15. The van der Waals surface area contributed by atoms with Gasteiger partial charge in [-0.05, 0) is 24.3 Å². The third-order valence-corrected chi connectivity index (χ3v) is 6.04.